The highest BCUT2D eigenvalue weighted by Crippen LogP contribution is 2.45. The molecule has 0 aliphatic carbocycles. The number of nitriles is 1. The van der Waals surface area contributed by atoms with Crippen LogP contribution in [0.5, 0.6) is 0 Å². The number of piperidine rings is 1. The molecular weight excluding hydrogens is 459 g/mol. The number of carbonyl (C=O) groups is 2. The second kappa shape index (κ2) is 9.13. The number of aryl methyl sites for hydroxylation is 1. The lowest BCUT2D eigenvalue weighted by Crippen LogP contribution is -2.46. The van der Waals surface area contributed by atoms with Gasteiger partial charge >= 0.3 is 12.2 Å². The van der Waals surface area contributed by atoms with E-state index in [9.17, 15) is 22.8 Å². The molecule has 0 aromatic heterocycles. The number of hydrogen-bond donors (Lipinski definition) is 2. The number of anilines is 2. The Bertz CT molecular complexity index is 1180. The van der Waals surface area contributed by atoms with Crippen LogP contribution in [0.4, 0.5) is 29.3 Å². The van der Waals surface area contributed by atoms with Crippen LogP contribution in [0.1, 0.15) is 36.0 Å². The van der Waals surface area contributed by atoms with Gasteiger partial charge in [0.25, 0.3) is 0 Å². The van der Waals surface area contributed by atoms with Gasteiger partial charge in [-0.05, 0) is 61.4 Å². The molecule has 2 aliphatic rings. The first-order chi connectivity index (χ1) is 16.5. The number of nitrogens with two attached hydrogens (primary N) is 1. The number of amides is 3. The Morgan fingerprint density at radius 1 is 1.17 bits per heavy atom. The van der Waals surface area contributed by atoms with Crippen LogP contribution >= 0.6 is 0 Å². The van der Waals surface area contributed by atoms with Gasteiger partial charge in [-0.2, -0.15) is 18.4 Å². The zero-order valence-electron chi connectivity index (χ0n) is 19.2. The second-order valence-electron chi connectivity index (χ2n) is 9.32. The molecule has 0 radical (unpaired) electrons. The van der Waals surface area contributed by atoms with Crippen LogP contribution in [0, 0.1) is 23.7 Å². The fraction of sp³-hybridized carbons (Fsp3) is 0.400. The largest absolute Gasteiger partial charge is 0.417 e. The summed E-state index contributed by atoms with van der Waals surface area (Å²) < 4.78 is 40.2. The Labute approximate surface area is 201 Å². The zero-order chi connectivity index (χ0) is 25.4. The molecule has 0 saturated carbocycles. The van der Waals surface area contributed by atoms with Crippen molar-refractivity contribution in [2.24, 2.45) is 11.1 Å². The van der Waals surface area contributed by atoms with Crippen LogP contribution in [0.15, 0.2) is 42.5 Å². The molecule has 1 unspecified atom stereocenters. The van der Waals surface area contributed by atoms with Crippen molar-refractivity contribution in [3.63, 3.8) is 0 Å². The van der Waals surface area contributed by atoms with Gasteiger partial charge in [-0.3, -0.25) is 4.79 Å². The van der Waals surface area contributed by atoms with E-state index in [0.717, 1.165) is 11.6 Å². The van der Waals surface area contributed by atoms with Crippen LogP contribution in [0.2, 0.25) is 0 Å². The quantitative estimate of drug-likeness (QED) is 0.678. The van der Waals surface area contributed by atoms with Gasteiger partial charge in [-0.1, -0.05) is 18.2 Å². The summed E-state index contributed by atoms with van der Waals surface area (Å²) in [6.45, 7) is 3.13. The monoisotopic (exact) mass is 485 g/mol. The van der Waals surface area contributed by atoms with Crippen molar-refractivity contribution in [1.82, 2.24) is 4.90 Å². The normalized spacial score (nSPS) is 19.5. The molecule has 4 rings (SSSR count). The number of nitrogens with zero attached hydrogens (tertiary/aromatic N) is 3. The number of para-hydroxylation sites is 1. The number of nitrogens with one attached hydrogen (secondary N) is 1. The van der Waals surface area contributed by atoms with Crippen molar-refractivity contribution >= 4 is 23.3 Å². The smallest absolute Gasteiger partial charge is 0.371 e. The highest BCUT2D eigenvalue weighted by atomic mass is 19.4. The molecule has 2 heterocycles. The number of halogens is 3. The first kappa shape index (κ1) is 24.4. The van der Waals surface area contributed by atoms with E-state index < -0.39 is 35.3 Å². The minimum absolute atomic E-state index is 0.341. The Morgan fingerprint density at radius 2 is 1.86 bits per heavy atom. The van der Waals surface area contributed by atoms with Crippen molar-refractivity contribution in [3.05, 3.63) is 59.2 Å². The summed E-state index contributed by atoms with van der Waals surface area (Å²) in [5.41, 5.74) is 5.86. The van der Waals surface area contributed by atoms with Crippen LogP contribution in [0.3, 0.4) is 0 Å². The molecule has 3 N–H and O–H groups in total. The van der Waals surface area contributed by atoms with Gasteiger partial charge < -0.3 is 20.9 Å². The fourth-order valence-corrected chi connectivity index (χ4v) is 5.09. The maximum atomic E-state index is 13.4. The molecular formula is C25H26F3N5O2. The summed E-state index contributed by atoms with van der Waals surface area (Å²) in [5, 5.41) is 11.9. The predicted molar refractivity (Wildman–Crippen MR) is 125 cm³/mol. The number of carbonyl (C=O) groups excluding carboxylic acids is 2. The molecule has 184 valence electrons. The number of primary amides is 1. The van der Waals surface area contributed by atoms with Crippen molar-refractivity contribution < 1.29 is 22.8 Å². The lowest BCUT2D eigenvalue weighted by atomic mass is 9.76. The standard InChI is InChI=1S/C25H26F3N5O2/c1-16-4-2-3-5-20(16)31-23(35)33-15-24(13-21(33)22(30)34)8-10-32(11-9-24)18-7-6-17(14-29)19(12-18)25(26,27)28/h2-7,12,21H,8-11,13,15H2,1H3,(H2,30,34)(H,31,35). The minimum atomic E-state index is -4.62. The molecule has 2 aromatic carbocycles. The number of hydrogen-bond acceptors (Lipinski definition) is 4. The maximum Gasteiger partial charge on any atom is 0.417 e. The number of benzene rings is 2. The van der Waals surface area contributed by atoms with Gasteiger partial charge in [0.1, 0.15) is 6.04 Å². The first-order valence-corrected chi connectivity index (χ1v) is 11.3. The molecule has 10 heteroatoms. The van der Waals surface area contributed by atoms with E-state index in [1.807, 2.05) is 30.0 Å². The molecule has 2 saturated heterocycles. The molecule has 2 aliphatic heterocycles. The van der Waals surface area contributed by atoms with Gasteiger partial charge in [0.15, 0.2) is 0 Å². The summed E-state index contributed by atoms with van der Waals surface area (Å²) in [5.74, 6) is -0.578. The van der Waals surface area contributed by atoms with Gasteiger partial charge in [-0.15, -0.1) is 0 Å². The van der Waals surface area contributed by atoms with Crippen LogP contribution in [-0.4, -0.2) is 42.5 Å². The van der Waals surface area contributed by atoms with E-state index in [1.54, 1.807) is 12.1 Å². The Balaban J connectivity index is 1.49. The summed E-state index contributed by atoms with van der Waals surface area (Å²) in [7, 11) is 0. The minimum Gasteiger partial charge on any atom is -0.371 e. The second-order valence-corrected chi connectivity index (χ2v) is 9.32. The van der Waals surface area contributed by atoms with Gasteiger partial charge in [-0.25, -0.2) is 4.79 Å². The molecule has 35 heavy (non-hydrogen) atoms. The summed E-state index contributed by atoms with van der Waals surface area (Å²) in [6.07, 6.45) is -3.03. The van der Waals surface area contributed by atoms with Crippen LogP contribution < -0.4 is 16.0 Å². The Kier molecular flexibility index (Phi) is 6.36. The summed E-state index contributed by atoms with van der Waals surface area (Å²) in [6, 6.07) is 11.5. The highest BCUT2D eigenvalue weighted by Gasteiger charge is 2.49. The average molecular weight is 486 g/mol. The third-order valence-corrected chi connectivity index (χ3v) is 7.10. The summed E-state index contributed by atoms with van der Waals surface area (Å²) >= 11 is 0. The van der Waals surface area contributed by atoms with Crippen molar-refractivity contribution in [3.8, 4) is 6.07 Å². The van der Waals surface area contributed by atoms with E-state index in [1.165, 1.54) is 17.0 Å². The van der Waals surface area contributed by atoms with E-state index in [2.05, 4.69) is 5.32 Å². The van der Waals surface area contributed by atoms with E-state index in [0.29, 0.717) is 50.3 Å². The molecule has 3 amide bonds. The summed E-state index contributed by atoms with van der Waals surface area (Å²) in [4.78, 5) is 28.6. The maximum absolute atomic E-state index is 13.4. The van der Waals surface area contributed by atoms with E-state index in [4.69, 9.17) is 11.0 Å². The Morgan fingerprint density at radius 3 is 2.46 bits per heavy atom. The van der Waals surface area contributed by atoms with Crippen molar-refractivity contribution in [2.45, 2.75) is 38.4 Å². The molecule has 1 atom stereocenters. The van der Waals surface area contributed by atoms with E-state index >= 15 is 0 Å². The van der Waals surface area contributed by atoms with Gasteiger partial charge in [0.05, 0.1) is 17.2 Å². The van der Waals surface area contributed by atoms with Crippen LogP contribution in [-0.2, 0) is 11.0 Å². The predicted octanol–water partition coefficient (Wildman–Crippen LogP) is 4.26. The van der Waals surface area contributed by atoms with Crippen LogP contribution in [0.25, 0.3) is 0 Å². The van der Waals surface area contributed by atoms with Gasteiger partial charge in [0, 0.05) is 31.0 Å². The molecule has 7 nitrogen and oxygen atoms in total. The Hall–Kier alpha value is -3.74. The number of urea groups is 1. The molecule has 0 bridgehead atoms. The zero-order valence-corrected chi connectivity index (χ0v) is 19.2. The number of alkyl halides is 3. The fourth-order valence-electron chi connectivity index (χ4n) is 5.09. The van der Waals surface area contributed by atoms with E-state index in [-0.39, 0.29) is 5.41 Å². The topological polar surface area (TPSA) is 102 Å². The average Bonchev–Trinajstić information content (AvgIpc) is 3.20. The molecule has 2 fully saturated rings. The highest BCUT2D eigenvalue weighted by molar-refractivity contribution is 5.94. The molecule has 1 spiro atoms. The third-order valence-electron chi connectivity index (χ3n) is 7.10. The first-order valence-electron chi connectivity index (χ1n) is 11.3. The third kappa shape index (κ3) is 4.90. The van der Waals surface area contributed by atoms with Gasteiger partial charge in [0.2, 0.25) is 5.91 Å². The number of likely N-dealkylation sites (tertiary alicyclic amines) is 1. The van der Waals surface area contributed by atoms with Crippen molar-refractivity contribution in [2.75, 3.05) is 29.9 Å². The molecule has 2 aromatic rings. The van der Waals surface area contributed by atoms with Crippen molar-refractivity contribution in [1.29, 1.82) is 5.26 Å². The SMILES string of the molecule is Cc1ccccc1NC(=O)N1CC2(CCN(c3ccc(C#N)c(C(F)(F)F)c3)CC2)CC1C(N)=O. The lowest BCUT2D eigenvalue weighted by Gasteiger charge is -2.40. The lowest BCUT2D eigenvalue weighted by molar-refractivity contribution is -0.137. The number of rotatable bonds is 3.